The van der Waals surface area contributed by atoms with E-state index in [1.807, 2.05) is 19.9 Å². The molecule has 62 valence electrons. The van der Waals surface area contributed by atoms with Crippen LogP contribution in [-0.4, -0.2) is 11.6 Å². The van der Waals surface area contributed by atoms with Crippen LogP contribution < -0.4 is 4.74 Å². The van der Waals surface area contributed by atoms with E-state index in [4.69, 9.17) is 10.00 Å². The third kappa shape index (κ3) is 1.73. The molecule has 1 aromatic rings. The van der Waals surface area contributed by atoms with Crippen LogP contribution in [0.5, 0.6) is 5.88 Å². The molecule has 0 radical (unpaired) electrons. The molecule has 0 fully saturated rings. The minimum Gasteiger partial charge on any atom is -0.478 e. The highest BCUT2D eigenvalue weighted by molar-refractivity contribution is 5.36. The van der Waals surface area contributed by atoms with Gasteiger partial charge in [-0.05, 0) is 19.4 Å². The lowest BCUT2D eigenvalue weighted by Crippen LogP contribution is -1.95. The molecule has 3 heteroatoms. The first-order valence-corrected chi connectivity index (χ1v) is 3.77. The Labute approximate surface area is 71.6 Å². The van der Waals surface area contributed by atoms with Gasteiger partial charge in [0.2, 0.25) is 5.88 Å². The molecule has 0 aliphatic carbocycles. The molecule has 0 aliphatic heterocycles. The van der Waals surface area contributed by atoms with Crippen molar-refractivity contribution in [3.8, 4) is 11.9 Å². The van der Waals surface area contributed by atoms with Crippen LogP contribution in [0.4, 0.5) is 0 Å². The monoisotopic (exact) mass is 162 g/mol. The normalized spacial score (nSPS) is 9.08. The predicted octanol–water partition coefficient (Wildman–Crippen LogP) is 1.66. The minimum atomic E-state index is 0.578. The van der Waals surface area contributed by atoms with Crippen LogP contribution in [0, 0.1) is 18.3 Å². The van der Waals surface area contributed by atoms with Crippen LogP contribution in [-0.2, 0) is 0 Å². The van der Waals surface area contributed by atoms with Crippen molar-refractivity contribution in [1.82, 2.24) is 4.98 Å². The molecule has 3 nitrogen and oxygen atoms in total. The van der Waals surface area contributed by atoms with Gasteiger partial charge in [0, 0.05) is 12.3 Å². The molecule has 1 aromatic heterocycles. The molecule has 0 saturated heterocycles. The standard InChI is InChI=1S/C9H10N2O/c1-3-12-9-4-7(2)8(5-10)6-11-9/h4,6H,3H2,1-2H3. The second-order valence-electron chi connectivity index (χ2n) is 2.38. The Bertz CT molecular complexity index is 315. The van der Waals surface area contributed by atoms with Gasteiger partial charge in [-0.25, -0.2) is 4.98 Å². The Morgan fingerprint density at radius 1 is 1.67 bits per heavy atom. The molecule has 0 atom stereocenters. The summed E-state index contributed by atoms with van der Waals surface area (Å²) in [6.45, 7) is 4.36. The number of hydrogen-bond acceptors (Lipinski definition) is 3. The molecule has 0 spiro atoms. The summed E-state index contributed by atoms with van der Waals surface area (Å²) in [6.07, 6.45) is 1.53. The largest absolute Gasteiger partial charge is 0.478 e. The highest BCUT2D eigenvalue weighted by Crippen LogP contribution is 2.12. The van der Waals surface area contributed by atoms with Crippen LogP contribution in [0.3, 0.4) is 0 Å². The predicted molar refractivity (Wildman–Crippen MR) is 44.9 cm³/mol. The third-order valence-electron chi connectivity index (χ3n) is 1.50. The van der Waals surface area contributed by atoms with Crippen molar-refractivity contribution >= 4 is 0 Å². The number of aryl methyl sites for hydroxylation is 1. The zero-order valence-corrected chi connectivity index (χ0v) is 7.16. The molecule has 1 rings (SSSR count). The Kier molecular flexibility index (Phi) is 2.65. The summed E-state index contributed by atoms with van der Waals surface area (Å²) in [7, 11) is 0. The number of aromatic nitrogens is 1. The lowest BCUT2D eigenvalue weighted by Gasteiger charge is -2.02. The molecular formula is C9H10N2O. The summed E-state index contributed by atoms with van der Waals surface area (Å²) in [4.78, 5) is 3.96. The van der Waals surface area contributed by atoms with Gasteiger partial charge in [0.05, 0.1) is 12.2 Å². The first kappa shape index (κ1) is 8.54. The van der Waals surface area contributed by atoms with E-state index >= 15 is 0 Å². The number of nitrogens with zero attached hydrogens (tertiary/aromatic N) is 2. The van der Waals surface area contributed by atoms with Crippen LogP contribution in [0.15, 0.2) is 12.3 Å². The van der Waals surface area contributed by atoms with E-state index in [2.05, 4.69) is 4.98 Å². The van der Waals surface area contributed by atoms with Gasteiger partial charge in [-0.3, -0.25) is 0 Å². The summed E-state index contributed by atoms with van der Waals surface area (Å²) in [5, 5.41) is 8.61. The van der Waals surface area contributed by atoms with E-state index in [0.29, 0.717) is 18.1 Å². The maximum atomic E-state index is 8.61. The van der Waals surface area contributed by atoms with Crippen molar-refractivity contribution in [3.63, 3.8) is 0 Å². The lowest BCUT2D eigenvalue weighted by molar-refractivity contribution is 0.326. The van der Waals surface area contributed by atoms with Crippen molar-refractivity contribution in [2.24, 2.45) is 0 Å². The van der Waals surface area contributed by atoms with Crippen LogP contribution in [0.2, 0.25) is 0 Å². The average molecular weight is 162 g/mol. The topological polar surface area (TPSA) is 45.9 Å². The Balaban J connectivity index is 2.96. The number of rotatable bonds is 2. The minimum absolute atomic E-state index is 0.578. The van der Waals surface area contributed by atoms with Crippen molar-refractivity contribution in [3.05, 3.63) is 23.4 Å². The van der Waals surface area contributed by atoms with E-state index in [9.17, 15) is 0 Å². The van der Waals surface area contributed by atoms with Gasteiger partial charge in [-0.15, -0.1) is 0 Å². The summed E-state index contributed by atoms with van der Waals surface area (Å²) < 4.78 is 5.17. The lowest BCUT2D eigenvalue weighted by atomic mass is 10.2. The fourth-order valence-corrected chi connectivity index (χ4v) is 0.874. The van der Waals surface area contributed by atoms with Crippen molar-refractivity contribution < 1.29 is 4.74 Å². The number of ether oxygens (including phenoxy) is 1. The number of nitriles is 1. The van der Waals surface area contributed by atoms with Crippen molar-refractivity contribution in [1.29, 1.82) is 5.26 Å². The summed E-state index contributed by atoms with van der Waals surface area (Å²) in [6, 6.07) is 3.81. The fraction of sp³-hybridized carbons (Fsp3) is 0.333. The van der Waals surface area contributed by atoms with E-state index in [0.717, 1.165) is 5.56 Å². The van der Waals surface area contributed by atoms with Gasteiger partial charge >= 0.3 is 0 Å². The van der Waals surface area contributed by atoms with Gasteiger partial charge in [0.15, 0.2) is 0 Å². The van der Waals surface area contributed by atoms with Crippen molar-refractivity contribution in [2.45, 2.75) is 13.8 Å². The molecule has 0 aliphatic rings. The van der Waals surface area contributed by atoms with Gasteiger partial charge in [-0.1, -0.05) is 0 Å². The molecular weight excluding hydrogens is 152 g/mol. The first-order chi connectivity index (χ1) is 5.77. The van der Waals surface area contributed by atoms with E-state index in [-0.39, 0.29) is 0 Å². The molecule has 0 unspecified atom stereocenters. The van der Waals surface area contributed by atoms with Gasteiger partial charge in [0.1, 0.15) is 6.07 Å². The van der Waals surface area contributed by atoms with E-state index < -0.39 is 0 Å². The quantitative estimate of drug-likeness (QED) is 0.664. The van der Waals surface area contributed by atoms with Gasteiger partial charge in [0.25, 0.3) is 0 Å². The second-order valence-corrected chi connectivity index (χ2v) is 2.38. The van der Waals surface area contributed by atoms with Crippen LogP contribution in [0.25, 0.3) is 0 Å². The molecule has 1 heterocycles. The number of pyridine rings is 1. The van der Waals surface area contributed by atoms with Gasteiger partial charge in [-0.2, -0.15) is 5.26 Å². The Morgan fingerprint density at radius 2 is 2.42 bits per heavy atom. The summed E-state index contributed by atoms with van der Waals surface area (Å²) in [5.41, 5.74) is 1.49. The van der Waals surface area contributed by atoms with E-state index in [1.165, 1.54) is 6.20 Å². The third-order valence-corrected chi connectivity index (χ3v) is 1.50. The summed E-state index contributed by atoms with van der Waals surface area (Å²) >= 11 is 0. The molecule has 0 N–H and O–H groups in total. The Morgan fingerprint density at radius 3 is 2.92 bits per heavy atom. The Hall–Kier alpha value is -1.56. The SMILES string of the molecule is CCOc1cc(C)c(C#N)cn1. The number of hydrogen-bond donors (Lipinski definition) is 0. The van der Waals surface area contributed by atoms with Crippen molar-refractivity contribution in [2.75, 3.05) is 6.61 Å². The molecule has 0 amide bonds. The highest BCUT2D eigenvalue weighted by Gasteiger charge is 1.99. The average Bonchev–Trinajstić information content (AvgIpc) is 2.05. The van der Waals surface area contributed by atoms with Gasteiger partial charge < -0.3 is 4.74 Å². The zero-order chi connectivity index (χ0) is 8.97. The second kappa shape index (κ2) is 3.72. The molecule has 0 bridgehead atoms. The van der Waals surface area contributed by atoms with Crippen LogP contribution in [0.1, 0.15) is 18.1 Å². The van der Waals surface area contributed by atoms with E-state index in [1.54, 1.807) is 6.07 Å². The van der Waals surface area contributed by atoms with Crippen LogP contribution >= 0.6 is 0 Å². The smallest absolute Gasteiger partial charge is 0.213 e. The first-order valence-electron chi connectivity index (χ1n) is 3.77. The molecule has 12 heavy (non-hydrogen) atoms. The molecule has 0 saturated carbocycles. The highest BCUT2D eigenvalue weighted by atomic mass is 16.5. The summed E-state index contributed by atoms with van der Waals surface area (Å²) in [5.74, 6) is 0.578. The molecule has 0 aromatic carbocycles. The maximum absolute atomic E-state index is 8.61. The fourth-order valence-electron chi connectivity index (χ4n) is 0.874. The zero-order valence-electron chi connectivity index (χ0n) is 7.16. The maximum Gasteiger partial charge on any atom is 0.213 e.